The molecule has 1 aliphatic rings. The van der Waals surface area contributed by atoms with Gasteiger partial charge in [-0.25, -0.2) is 19.9 Å². The predicted molar refractivity (Wildman–Crippen MR) is 106 cm³/mol. The molecule has 1 aromatic carbocycles. The number of hydrogen-bond donors (Lipinski definition) is 0. The maximum Gasteiger partial charge on any atom is 0.142 e. The van der Waals surface area contributed by atoms with E-state index >= 15 is 0 Å². The van der Waals surface area contributed by atoms with Gasteiger partial charge in [0.1, 0.15) is 18.0 Å². The second kappa shape index (κ2) is 6.32. The number of fused-ring (bicyclic) bond motifs is 1. The Balaban J connectivity index is 1.46. The molecule has 0 aliphatic carbocycles. The first kappa shape index (κ1) is 16.2. The third-order valence-electron chi connectivity index (χ3n) is 5.10. The first-order valence-corrected chi connectivity index (χ1v) is 9.17. The molecule has 0 amide bonds. The lowest BCUT2D eigenvalue weighted by atomic mass is 9.96. The Morgan fingerprint density at radius 2 is 1.96 bits per heavy atom. The highest BCUT2D eigenvalue weighted by molar-refractivity contribution is 6.33. The van der Waals surface area contributed by atoms with Crippen LogP contribution in [-0.4, -0.2) is 37.6 Å². The second-order valence-corrected chi connectivity index (χ2v) is 7.15. The number of hydrogen-bond acceptors (Lipinski definition) is 5. The second-order valence-electron chi connectivity index (χ2n) is 6.74. The molecular weight excluding hydrogens is 360 g/mol. The summed E-state index contributed by atoms with van der Waals surface area (Å²) in [6.45, 7) is 1.77. The van der Waals surface area contributed by atoms with Crippen LogP contribution in [0, 0.1) is 0 Å². The highest BCUT2D eigenvalue weighted by atomic mass is 35.5. The number of anilines is 1. The van der Waals surface area contributed by atoms with Gasteiger partial charge >= 0.3 is 0 Å². The van der Waals surface area contributed by atoms with Gasteiger partial charge in [0.25, 0.3) is 0 Å². The summed E-state index contributed by atoms with van der Waals surface area (Å²) in [4.78, 5) is 19.9. The Hall–Kier alpha value is -2.99. The molecule has 3 aromatic heterocycles. The molecule has 0 atom stereocenters. The van der Waals surface area contributed by atoms with Gasteiger partial charge in [-0.1, -0.05) is 23.7 Å². The van der Waals surface area contributed by atoms with Crippen LogP contribution in [0.2, 0.25) is 5.02 Å². The zero-order chi connectivity index (χ0) is 18.4. The Labute approximate surface area is 161 Å². The molecule has 27 heavy (non-hydrogen) atoms. The average molecular weight is 377 g/mol. The third-order valence-corrected chi connectivity index (χ3v) is 5.40. The Bertz CT molecular complexity index is 1120. The lowest BCUT2D eigenvalue weighted by molar-refractivity contribution is 0.508. The van der Waals surface area contributed by atoms with Gasteiger partial charge in [-0.15, -0.1) is 0 Å². The summed E-state index contributed by atoms with van der Waals surface area (Å²) in [5, 5.41) is 0.602. The summed E-state index contributed by atoms with van der Waals surface area (Å²) >= 11 is 6.47. The van der Waals surface area contributed by atoms with Crippen molar-refractivity contribution in [3.8, 4) is 11.4 Å². The van der Waals surface area contributed by atoms with Crippen LogP contribution in [0.1, 0.15) is 11.6 Å². The monoisotopic (exact) mass is 376 g/mol. The van der Waals surface area contributed by atoms with Crippen molar-refractivity contribution >= 4 is 28.5 Å². The van der Waals surface area contributed by atoms with E-state index in [0.29, 0.717) is 10.9 Å². The van der Waals surface area contributed by atoms with E-state index in [0.717, 1.165) is 47.0 Å². The number of rotatable bonds is 3. The van der Waals surface area contributed by atoms with E-state index in [1.807, 2.05) is 37.4 Å². The molecule has 1 saturated heterocycles. The van der Waals surface area contributed by atoms with Gasteiger partial charge < -0.3 is 9.47 Å². The van der Waals surface area contributed by atoms with E-state index in [2.05, 4.69) is 30.5 Å². The maximum atomic E-state index is 6.47. The number of aromatic nitrogens is 5. The summed E-state index contributed by atoms with van der Waals surface area (Å²) in [6, 6.07) is 12.1. The Kier molecular flexibility index (Phi) is 3.79. The molecule has 0 saturated carbocycles. The molecule has 1 fully saturated rings. The van der Waals surface area contributed by atoms with Crippen LogP contribution in [0.25, 0.3) is 22.4 Å². The zero-order valence-electron chi connectivity index (χ0n) is 14.7. The van der Waals surface area contributed by atoms with Gasteiger partial charge in [0.15, 0.2) is 0 Å². The van der Waals surface area contributed by atoms with Gasteiger partial charge in [0.05, 0.1) is 21.7 Å². The van der Waals surface area contributed by atoms with Gasteiger partial charge in [-0.3, -0.25) is 0 Å². The molecule has 0 unspecified atom stereocenters. The largest absolute Gasteiger partial charge is 0.355 e. The van der Waals surface area contributed by atoms with Crippen LogP contribution in [0.4, 0.5) is 5.82 Å². The zero-order valence-corrected chi connectivity index (χ0v) is 15.5. The van der Waals surface area contributed by atoms with E-state index in [1.165, 1.54) is 0 Å². The van der Waals surface area contributed by atoms with Crippen LogP contribution in [0.5, 0.6) is 0 Å². The lowest BCUT2D eigenvalue weighted by Gasteiger charge is -2.39. The fourth-order valence-corrected chi connectivity index (χ4v) is 3.74. The van der Waals surface area contributed by atoms with Crippen molar-refractivity contribution in [3.05, 3.63) is 65.8 Å². The van der Waals surface area contributed by atoms with E-state index in [9.17, 15) is 0 Å². The number of nitrogens with zero attached hydrogens (tertiary/aromatic N) is 6. The van der Waals surface area contributed by atoms with Crippen molar-refractivity contribution < 1.29 is 0 Å². The summed E-state index contributed by atoms with van der Waals surface area (Å²) in [6.07, 6.45) is 5.10. The summed E-state index contributed by atoms with van der Waals surface area (Å²) < 4.78 is 2.07. The first-order chi connectivity index (χ1) is 13.2. The van der Waals surface area contributed by atoms with Crippen molar-refractivity contribution in [2.75, 3.05) is 18.0 Å². The van der Waals surface area contributed by atoms with Crippen molar-refractivity contribution in [2.45, 2.75) is 5.92 Å². The van der Waals surface area contributed by atoms with Gasteiger partial charge in [-0.05, 0) is 24.3 Å². The molecular formula is C20H17ClN6. The molecule has 4 aromatic rings. The minimum absolute atomic E-state index is 0.407. The Morgan fingerprint density at radius 1 is 1.11 bits per heavy atom. The predicted octanol–water partition coefficient (Wildman–Crippen LogP) is 3.68. The molecule has 5 rings (SSSR count). The summed E-state index contributed by atoms with van der Waals surface area (Å²) in [5.41, 5.74) is 4.00. The quantitative estimate of drug-likeness (QED) is 0.546. The van der Waals surface area contributed by atoms with E-state index in [1.54, 1.807) is 18.7 Å². The summed E-state index contributed by atoms with van der Waals surface area (Å²) in [7, 11) is 2.01. The average Bonchev–Trinajstić information content (AvgIpc) is 3.00. The van der Waals surface area contributed by atoms with Crippen molar-refractivity contribution in [1.29, 1.82) is 0 Å². The molecule has 0 bridgehead atoms. The number of pyridine rings is 1. The van der Waals surface area contributed by atoms with Gasteiger partial charge in [-0.2, -0.15) is 0 Å². The number of aryl methyl sites for hydroxylation is 1. The lowest BCUT2D eigenvalue weighted by Crippen LogP contribution is -2.45. The van der Waals surface area contributed by atoms with Crippen molar-refractivity contribution in [1.82, 2.24) is 24.5 Å². The molecule has 4 heterocycles. The van der Waals surface area contributed by atoms with Crippen molar-refractivity contribution in [3.63, 3.8) is 0 Å². The van der Waals surface area contributed by atoms with E-state index in [4.69, 9.17) is 16.6 Å². The van der Waals surface area contributed by atoms with Gasteiger partial charge in [0.2, 0.25) is 0 Å². The molecule has 0 spiro atoms. The molecule has 0 radical (unpaired) electrons. The molecule has 7 heteroatoms. The number of imidazole rings is 1. The maximum absolute atomic E-state index is 6.47. The highest BCUT2D eigenvalue weighted by Crippen LogP contribution is 2.35. The van der Waals surface area contributed by atoms with E-state index < -0.39 is 0 Å². The minimum Gasteiger partial charge on any atom is -0.355 e. The molecule has 1 aliphatic heterocycles. The SMILES string of the molecule is Cn1c(-c2cc(N3CC(c4ccncn4)C3)ncc2Cl)nc2ccccc21. The normalized spacial score (nSPS) is 14.5. The first-order valence-electron chi connectivity index (χ1n) is 8.79. The molecule has 6 nitrogen and oxygen atoms in total. The fraction of sp³-hybridized carbons (Fsp3) is 0.200. The topological polar surface area (TPSA) is 59.7 Å². The highest BCUT2D eigenvalue weighted by Gasteiger charge is 2.30. The van der Waals surface area contributed by atoms with Crippen LogP contribution >= 0.6 is 11.6 Å². The summed E-state index contributed by atoms with van der Waals surface area (Å²) in [5.74, 6) is 2.16. The number of para-hydroxylation sites is 2. The van der Waals surface area contributed by atoms with Crippen molar-refractivity contribution in [2.24, 2.45) is 7.05 Å². The fourth-order valence-electron chi connectivity index (χ4n) is 3.55. The molecule has 134 valence electrons. The van der Waals surface area contributed by atoms with E-state index in [-0.39, 0.29) is 0 Å². The third kappa shape index (κ3) is 2.73. The Morgan fingerprint density at radius 3 is 2.74 bits per heavy atom. The van der Waals surface area contributed by atoms with Crippen LogP contribution in [-0.2, 0) is 7.05 Å². The number of halogens is 1. The van der Waals surface area contributed by atoms with Crippen LogP contribution in [0.3, 0.4) is 0 Å². The van der Waals surface area contributed by atoms with Crippen LogP contribution in [0.15, 0.2) is 55.1 Å². The smallest absolute Gasteiger partial charge is 0.142 e. The van der Waals surface area contributed by atoms with Gasteiger partial charge in [0, 0.05) is 44.0 Å². The molecule has 0 N–H and O–H groups in total. The minimum atomic E-state index is 0.407. The van der Waals surface area contributed by atoms with Crippen LogP contribution < -0.4 is 4.90 Å². The standard InChI is InChI=1S/C20H17ClN6/c1-26-18-5-3-2-4-17(18)25-20(26)14-8-19(23-9-15(14)21)27-10-13(11-27)16-6-7-22-12-24-16/h2-9,12-13H,10-11H2,1H3. The number of benzene rings is 1.